The van der Waals surface area contributed by atoms with Crippen molar-refractivity contribution in [2.75, 3.05) is 0 Å². The zero-order chi connectivity index (χ0) is 9.30. The van der Waals surface area contributed by atoms with Gasteiger partial charge in [0.1, 0.15) is 0 Å². The van der Waals surface area contributed by atoms with Crippen LogP contribution in [0.3, 0.4) is 0 Å². The van der Waals surface area contributed by atoms with Gasteiger partial charge in [-0.05, 0) is 31.1 Å². The highest BCUT2D eigenvalue weighted by Crippen LogP contribution is 2.35. The molecule has 0 aromatic heterocycles. The fraction of sp³-hybridized carbons (Fsp3) is 1.00. The molecule has 0 spiro atoms. The van der Waals surface area contributed by atoms with Gasteiger partial charge in [-0.25, -0.2) is 0 Å². The molecular formula is C11H22O. The van der Waals surface area contributed by atoms with Gasteiger partial charge in [0, 0.05) is 0 Å². The van der Waals surface area contributed by atoms with Gasteiger partial charge < -0.3 is 4.74 Å². The summed E-state index contributed by atoms with van der Waals surface area (Å²) in [5, 5.41) is 0. The summed E-state index contributed by atoms with van der Waals surface area (Å²) >= 11 is 0. The molecule has 0 radical (unpaired) electrons. The highest BCUT2D eigenvalue weighted by molar-refractivity contribution is 4.83. The minimum absolute atomic E-state index is 0.446. The average molecular weight is 170 g/mol. The third kappa shape index (κ3) is 1.66. The predicted octanol–water partition coefficient (Wildman–Crippen LogP) is 3.09. The lowest BCUT2D eigenvalue weighted by atomic mass is 9.76. The van der Waals surface area contributed by atoms with E-state index >= 15 is 0 Å². The Hall–Kier alpha value is -0.0400. The second-order valence-corrected chi connectivity index (χ2v) is 4.37. The van der Waals surface area contributed by atoms with Gasteiger partial charge in [-0.1, -0.05) is 27.7 Å². The fourth-order valence-corrected chi connectivity index (χ4v) is 2.24. The van der Waals surface area contributed by atoms with Gasteiger partial charge in [-0.2, -0.15) is 0 Å². The molecule has 0 amide bonds. The van der Waals surface area contributed by atoms with Gasteiger partial charge in [-0.15, -0.1) is 0 Å². The Bertz CT molecular complexity index is 139. The molecule has 0 N–H and O–H groups in total. The van der Waals surface area contributed by atoms with Crippen molar-refractivity contribution in [2.45, 2.75) is 53.2 Å². The van der Waals surface area contributed by atoms with E-state index in [9.17, 15) is 0 Å². The largest absolute Gasteiger partial charge is 0.375 e. The molecular weight excluding hydrogens is 148 g/mol. The normalized spacial score (nSPS) is 49.2. The molecule has 1 rings (SSSR count). The van der Waals surface area contributed by atoms with Crippen molar-refractivity contribution in [3.05, 3.63) is 0 Å². The molecule has 0 bridgehead atoms. The third-order valence-electron chi connectivity index (χ3n) is 3.78. The van der Waals surface area contributed by atoms with Gasteiger partial charge in [0.15, 0.2) is 0 Å². The van der Waals surface area contributed by atoms with Crippen LogP contribution in [0.1, 0.15) is 41.0 Å². The lowest BCUT2D eigenvalue weighted by Gasteiger charge is -2.42. The molecule has 1 nitrogen and oxygen atoms in total. The van der Waals surface area contributed by atoms with Gasteiger partial charge in [-0.3, -0.25) is 0 Å². The Kier molecular flexibility index (Phi) is 3.16. The smallest absolute Gasteiger partial charge is 0.0604 e. The summed E-state index contributed by atoms with van der Waals surface area (Å²) in [6.45, 7) is 11.4. The minimum Gasteiger partial charge on any atom is -0.375 e. The van der Waals surface area contributed by atoms with Crippen LogP contribution in [0.25, 0.3) is 0 Å². The summed E-state index contributed by atoms with van der Waals surface area (Å²) in [6, 6.07) is 0. The molecule has 0 unspecified atom stereocenters. The average Bonchev–Trinajstić information content (AvgIpc) is 2.08. The summed E-state index contributed by atoms with van der Waals surface area (Å²) in [5.41, 5.74) is 0. The van der Waals surface area contributed by atoms with Crippen molar-refractivity contribution >= 4 is 0 Å². The van der Waals surface area contributed by atoms with Crippen LogP contribution in [0.5, 0.6) is 0 Å². The molecule has 1 heterocycles. The van der Waals surface area contributed by atoms with E-state index in [0.29, 0.717) is 18.1 Å². The molecule has 72 valence electrons. The summed E-state index contributed by atoms with van der Waals surface area (Å²) in [4.78, 5) is 0. The molecule has 0 aliphatic carbocycles. The van der Waals surface area contributed by atoms with E-state index in [1.54, 1.807) is 0 Å². The first-order valence-corrected chi connectivity index (χ1v) is 5.23. The van der Waals surface area contributed by atoms with Crippen molar-refractivity contribution in [2.24, 2.45) is 17.8 Å². The Labute approximate surface area is 76.5 Å². The fourth-order valence-electron chi connectivity index (χ4n) is 2.24. The molecule has 12 heavy (non-hydrogen) atoms. The maximum atomic E-state index is 5.93. The molecule has 1 aliphatic heterocycles. The van der Waals surface area contributed by atoms with Crippen molar-refractivity contribution in [3.63, 3.8) is 0 Å². The number of hydrogen-bond acceptors (Lipinski definition) is 1. The molecule has 1 fully saturated rings. The lowest BCUT2D eigenvalue weighted by molar-refractivity contribution is -0.125. The zero-order valence-electron chi connectivity index (χ0n) is 9.00. The highest BCUT2D eigenvalue weighted by Gasteiger charge is 2.35. The Morgan fingerprint density at radius 2 is 1.50 bits per heavy atom. The van der Waals surface area contributed by atoms with Crippen molar-refractivity contribution in [1.29, 1.82) is 0 Å². The van der Waals surface area contributed by atoms with E-state index in [2.05, 4.69) is 34.6 Å². The summed E-state index contributed by atoms with van der Waals surface area (Å²) in [6.07, 6.45) is 2.09. The Balaban J connectivity index is 2.63. The predicted molar refractivity (Wildman–Crippen MR) is 52.1 cm³/mol. The summed E-state index contributed by atoms with van der Waals surface area (Å²) in [7, 11) is 0. The van der Waals surface area contributed by atoms with E-state index in [1.807, 2.05) is 0 Å². The van der Waals surface area contributed by atoms with Crippen LogP contribution < -0.4 is 0 Å². The second-order valence-electron chi connectivity index (χ2n) is 4.37. The van der Waals surface area contributed by atoms with Crippen LogP contribution in [-0.4, -0.2) is 12.2 Å². The minimum atomic E-state index is 0.446. The first-order valence-electron chi connectivity index (χ1n) is 5.23. The number of hydrogen-bond donors (Lipinski definition) is 0. The van der Waals surface area contributed by atoms with Gasteiger partial charge in [0.05, 0.1) is 12.2 Å². The molecule has 1 saturated heterocycles. The Morgan fingerprint density at radius 1 is 0.917 bits per heavy atom. The van der Waals surface area contributed by atoms with Crippen LogP contribution in [0.2, 0.25) is 0 Å². The van der Waals surface area contributed by atoms with Gasteiger partial charge in [0.2, 0.25) is 0 Å². The van der Waals surface area contributed by atoms with Crippen LogP contribution in [0, 0.1) is 17.8 Å². The van der Waals surface area contributed by atoms with Crippen LogP contribution >= 0.6 is 0 Å². The quantitative estimate of drug-likeness (QED) is 0.587. The van der Waals surface area contributed by atoms with Crippen LogP contribution in [0.4, 0.5) is 0 Å². The number of rotatable bonds is 1. The van der Waals surface area contributed by atoms with Crippen molar-refractivity contribution in [1.82, 2.24) is 0 Å². The maximum Gasteiger partial charge on any atom is 0.0604 e. The monoisotopic (exact) mass is 170 g/mol. The number of ether oxygens (including phenoxy) is 1. The maximum absolute atomic E-state index is 5.93. The van der Waals surface area contributed by atoms with Crippen molar-refractivity contribution in [3.8, 4) is 0 Å². The van der Waals surface area contributed by atoms with E-state index in [0.717, 1.165) is 18.3 Å². The van der Waals surface area contributed by atoms with E-state index in [-0.39, 0.29) is 0 Å². The third-order valence-corrected chi connectivity index (χ3v) is 3.78. The Morgan fingerprint density at radius 3 is 2.00 bits per heavy atom. The molecule has 0 aromatic rings. The highest BCUT2D eigenvalue weighted by atomic mass is 16.5. The lowest BCUT2D eigenvalue weighted by Crippen LogP contribution is -2.42. The molecule has 5 atom stereocenters. The van der Waals surface area contributed by atoms with E-state index in [4.69, 9.17) is 4.74 Å². The summed E-state index contributed by atoms with van der Waals surface area (Å²) < 4.78 is 5.93. The van der Waals surface area contributed by atoms with Crippen molar-refractivity contribution < 1.29 is 4.74 Å². The zero-order valence-corrected chi connectivity index (χ0v) is 9.00. The van der Waals surface area contributed by atoms with Crippen LogP contribution in [-0.2, 0) is 4.74 Å². The summed E-state index contributed by atoms with van der Waals surface area (Å²) in [5.74, 6) is 2.24. The molecule has 1 heteroatoms. The first kappa shape index (κ1) is 10.0. The van der Waals surface area contributed by atoms with Gasteiger partial charge in [0.25, 0.3) is 0 Å². The first-order chi connectivity index (χ1) is 5.57. The van der Waals surface area contributed by atoms with Crippen LogP contribution in [0.15, 0.2) is 0 Å². The van der Waals surface area contributed by atoms with E-state index in [1.165, 1.54) is 0 Å². The van der Waals surface area contributed by atoms with E-state index < -0.39 is 0 Å². The second kappa shape index (κ2) is 3.78. The van der Waals surface area contributed by atoms with Gasteiger partial charge >= 0.3 is 0 Å². The SMILES string of the molecule is CC[C@H]1O[C@H](C)[C@@H](C)[C@@H](C)[C@@H]1C. The molecule has 0 aromatic carbocycles. The standard InChI is InChI=1S/C11H22O/c1-6-11-9(4)7(2)8(3)10(5)12-11/h7-11H,6H2,1-5H3/t7-,8+,9+,10-,11-/m1/s1. The topological polar surface area (TPSA) is 9.23 Å². The molecule has 1 aliphatic rings. The molecule has 0 saturated carbocycles.